The number of aryl methyl sites for hydroxylation is 1. The van der Waals surface area contributed by atoms with Gasteiger partial charge in [0.25, 0.3) is 5.56 Å². The number of hydrogen-bond acceptors (Lipinski definition) is 2. The van der Waals surface area contributed by atoms with Crippen molar-refractivity contribution in [1.82, 2.24) is 9.55 Å². The van der Waals surface area contributed by atoms with E-state index in [0.717, 1.165) is 18.2 Å². The summed E-state index contributed by atoms with van der Waals surface area (Å²) >= 11 is 9.11. The van der Waals surface area contributed by atoms with Gasteiger partial charge >= 0.3 is 5.69 Å². The van der Waals surface area contributed by atoms with Gasteiger partial charge in [-0.05, 0) is 12.8 Å². The largest absolute Gasteiger partial charge is 0.328 e. The van der Waals surface area contributed by atoms with Gasteiger partial charge < -0.3 is 0 Å². The molecule has 0 atom stereocenters. The van der Waals surface area contributed by atoms with Gasteiger partial charge in [0.1, 0.15) is 5.02 Å². The molecule has 0 bridgehead atoms. The Morgan fingerprint density at radius 2 is 1.63 bits per heavy atom. The number of aromatic amines is 1. The molecule has 0 saturated heterocycles. The highest BCUT2D eigenvalue weighted by Crippen LogP contribution is 2.08. The zero-order valence-electron chi connectivity index (χ0n) is 11.0. The predicted octanol–water partition coefficient (Wildman–Crippen LogP) is 3.32. The molecule has 4 nitrogen and oxygen atoms in total. The van der Waals surface area contributed by atoms with Crippen LogP contribution < -0.4 is 11.2 Å². The van der Waals surface area contributed by atoms with Crippen LogP contribution in [0.2, 0.25) is 5.02 Å². The van der Waals surface area contributed by atoms with Crippen LogP contribution >= 0.6 is 27.5 Å². The maximum Gasteiger partial charge on any atom is 0.328 e. The number of unbranched alkanes of at least 4 members (excludes halogenated alkanes) is 6. The lowest BCUT2D eigenvalue weighted by Gasteiger charge is -2.05. The lowest BCUT2D eigenvalue weighted by atomic mass is 10.1. The van der Waals surface area contributed by atoms with Crippen LogP contribution in [0, 0.1) is 0 Å². The lowest BCUT2D eigenvalue weighted by Crippen LogP contribution is -2.29. The minimum absolute atomic E-state index is 0.0642. The van der Waals surface area contributed by atoms with Gasteiger partial charge in [0.2, 0.25) is 0 Å². The number of halogens is 2. The molecule has 1 aromatic heterocycles. The molecule has 0 aliphatic carbocycles. The van der Waals surface area contributed by atoms with Crippen LogP contribution in [0.5, 0.6) is 0 Å². The highest BCUT2D eigenvalue weighted by molar-refractivity contribution is 9.09. The van der Waals surface area contributed by atoms with E-state index in [1.165, 1.54) is 42.9 Å². The average Bonchev–Trinajstić information content (AvgIpc) is 2.38. The van der Waals surface area contributed by atoms with Gasteiger partial charge in [-0.3, -0.25) is 14.3 Å². The summed E-state index contributed by atoms with van der Waals surface area (Å²) in [5, 5.41) is 1.15. The summed E-state index contributed by atoms with van der Waals surface area (Å²) in [4.78, 5) is 24.8. The molecule has 19 heavy (non-hydrogen) atoms. The quantitative estimate of drug-likeness (QED) is 0.548. The van der Waals surface area contributed by atoms with Crippen LogP contribution in [0.3, 0.4) is 0 Å². The second-order valence-electron chi connectivity index (χ2n) is 4.59. The summed E-state index contributed by atoms with van der Waals surface area (Å²) in [6, 6.07) is 0. The van der Waals surface area contributed by atoms with Crippen molar-refractivity contribution < 1.29 is 0 Å². The van der Waals surface area contributed by atoms with Crippen LogP contribution in [-0.4, -0.2) is 14.9 Å². The molecule has 0 amide bonds. The van der Waals surface area contributed by atoms with Gasteiger partial charge in [-0.25, -0.2) is 4.79 Å². The molecule has 0 unspecified atom stereocenters. The van der Waals surface area contributed by atoms with Crippen molar-refractivity contribution in [3.8, 4) is 0 Å². The van der Waals surface area contributed by atoms with Crippen LogP contribution in [0.15, 0.2) is 15.8 Å². The highest BCUT2D eigenvalue weighted by atomic mass is 79.9. The van der Waals surface area contributed by atoms with E-state index < -0.39 is 5.56 Å². The van der Waals surface area contributed by atoms with Gasteiger partial charge in [0, 0.05) is 18.1 Å². The first kappa shape index (κ1) is 16.5. The first-order valence-electron chi connectivity index (χ1n) is 6.70. The van der Waals surface area contributed by atoms with Crippen molar-refractivity contribution >= 4 is 27.5 Å². The number of rotatable bonds is 9. The van der Waals surface area contributed by atoms with Crippen LogP contribution in [0.1, 0.15) is 44.9 Å². The van der Waals surface area contributed by atoms with Crippen molar-refractivity contribution in [2.75, 3.05) is 5.33 Å². The third-order valence-electron chi connectivity index (χ3n) is 3.00. The molecule has 1 aromatic rings. The summed E-state index contributed by atoms with van der Waals surface area (Å²) in [7, 11) is 0. The van der Waals surface area contributed by atoms with Gasteiger partial charge in [-0.2, -0.15) is 0 Å². The number of alkyl halides is 1. The monoisotopic (exact) mass is 350 g/mol. The average molecular weight is 352 g/mol. The highest BCUT2D eigenvalue weighted by Gasteiger charge is 2.01. The molecular formula is C13H20BrClN2O2. The number of nitrogens with zero attached hydrogens (tertiary/aromatic N) is 1. The molecule has 0 fully saturated rings. The number of nitrogens with one attached hydrogen (secondary N) is 1. The van der Waals surface area contributed by atoms with Gasteiger partial charge in [0.05, 0.1) is 0 Å². The Balaban J connectivity index is 2.21. The van der Waals surface area contributed by atoms with Gasteiger partial charge in [-0.1, -0.05) is 59.6 Å². The summed E-state index contributed by atoms with van der Waals surface area (Å²) < 4.78 is 1.47. The van der Waals surface area contributed by atoms with Gasteiger partial charge in [0.15, 0.2) is 0 Å². The molecule has 0 aliphatic heterocycles. The molecule has 108 valence electrons. The molecule has 1 heterocycles. The molecule has 0 spiro atoms. The van der Waals surface area contributed by atoms with E-state index in [9.17, 15) is 9.59 Å². The third-order valence-corrected chi connectivity index (χ3v) is 3.83. The van der Waals surface area contributed by atoms with E-state index in [4.69, 9.17) is 11.6 Å². The number of H-pyrrole nitrogens is 1. The Labute approximate surface area is 126 Å². The molecule has 6 heteroatoms. The van der Waals surface area contributed by atoms with Crippen molar-refractivity contribution in [3.63, 3.8) is 0 Å². The Kier molecular flexibility index (Phi) is 8.14. The zero-order valence-corrected chi connectivity index (χ0v) is 13.3. The van der Waals surface area contributed by atoms with E-state index in [0.29, 0.717) is 6.54 Å². The van der Waals surface area contributed by atoms with E-state index in [2.05, 4.69) is 20.9 Å². The first-order chi connectivity index (χ1) is 9.15. The molecule has 0 aliphatic rings. The molecule has 1 rings (SSSR count). The lowest BCUT2D eigenvalue weighted by molar-refractivity contribution is 0.537. The molecular weight excluding hydrogens is 332 g/mol. The number of aromatic nitrogens is 2. The fraction of sp³-hybridized carbons (Fsp3) is 0.692. The topological polar surface area (TPSA) is 54.9 Å². The Morgan fingerprint density at radius 1 is 1.05 bits per heavy atom. The Morgan fingerprint density at radius 3 is 2.26 bits per heavy atom. The van der Waals surface area contributed by atoms with Crippen molar-refractivity contribution in [2.45, 2.75) is 51.5 Å². The first-order valence-corrected chi connectivity index (χ1v) is 8.20. The van der Waals surface area contributed by atoms with E-state index >= 15 is 0 Å². The Bertz CT molecular complexity index is 484. The summed E-state index contributed by atoms with van der Waals surface area (Å²) in [6.07, 6.45) is 9.67. The molecule has 0 aromatic carbocycles. The maximum absolute atomic E-state index is 11.5. The second-order valence-corrected chi connectivity index (χ2v) is 5.79. The second kappa shape index (κ2) is 9.37. The third kappa shape index (κ3) is 6.43. The maximum atomic E-state index is 11.5. The smallest absolute Gasteiger partial charge is 0.299 e. The van der Waals surface area contributed by atoms with Crippen molar-refractivity contribution in [1.29, 1.82) is 0 Å². The normalized spacial score (nSPS) is 10.8. The molecule has 0 radical (unpaired) electrons. The zero-order chi connectivity index (χ0) is 14.1. The van der Waals surface area contributed by atoms with Crippen LogP contribution in [0.4, 0.5) is 0 Å². The number of hydrogen-bond donors (Lipinski definition) is 1. The summed E-state index contributed by atoms with van der Waals surface area (Å²) in [6.45, 7) is 0.608. The van der Waals surface area contributed by atoms with Crippen LogP contribution in [-0.2, 0) is 6.54 Å². The minimum Gasteiger partial charge on any atom is -0.299 e. The Hall–Kier alpha value is -0.550. The molecule has 1 N–H and O–H groups in total. The van der Waals surface area contributed by atoms with E-state index in [1.54, 1.807) is 0 Å². The van der Waals surface area contributed by atoms with E-state index in [1.807, 2.05) is 0 Å². The van der Waals surface area contributed by atoms with Crippen LogP contribution in [0.25, 0.3) is 0 Å². The predicted molar refractivity (Wildman–Crippen MR) is 82.4 cm³/mol. The SMILES string of the molecule is O=c1[nH]c(=O)n(CCCCCCCCCBr)cc1Cl. The fourth-order valence-corrected chi connectivity index (χ4v) is 2.47. The minimum atomic E-state index is -0.519. The fourth-order valence-electron chi connectivity index (χ4n) is 1.91. The van der Waals surface area contributed by atoms with E-state index in [-0.39, 0.29) is 10.7 Å². The summed E-state index contributed by atoms with van der Waals surface area (Å²) in [5.74, 6) is 0. The van der Waals surface area contributed by atoms with Gasteiger partial charge in [-0.15, -0.1) is 0 Å². The van der Waals surface area contributed by atoms with Crippen molar-refractivity contribution in [3.05, 3.63) is 32.1 Å². The molecule has 0 saturated carbocycles. The van der Waals surface area contributed by atoms with Crippen molar-refractivity contribution in [2.24, 2.45) is 0 Å². The summed E-state index contributed by atoms with van der Waals surface area (Å²) in [5.41, 5.74) is -0.901. The standard InChI is InChI=1S/C13H20BrClN2O2/c14-8-6-4-2-1-3-5-7-9-17-10-11(15)12(18)16-13(17)19/h10H,1-9H2,(H,16,18,19).